The van der Waals surface area contributed by atoms with E-state index in [4.69, 9.17) is 0 Å². The molecule has 124 valence electrons. The monoisotopic (exact) mass is 350 g/mol. The van der Waals surface area contributed by atoms with Gasteiger partial charge in [0, 0.05) is 6.54 Å². The molecule has 2 aromatic carbocycles. The molecular formula is C15H11FN2O5S. The molecule has 0 aliphatic rings. The van der Waals surface area contributed by atoms with Crippen LogP contribution >= 0.6 is 0 Å². The fourth-order valence-electron chi connectivity index (χ4n) is 2.11. The van der Waals surface area contributed by atoms with Crippen LogP contribution in [0, 0.1) is 5.82 Å². The largest absolute Gasteiger partial charge is 0.419 e. The van der Waals surface area contributed by atoms with Gasteiger partial charge in [-0.3, -0.25) is 4.98 Å². The summed E-state index contributed by atoms with van der Waals surface area (Å²) in [5.74, 6) is -1.34. The Hall–Kier alpha value is -2.78. The van der Waals surface area contributed by atoms with Gasteiger partial charge in [-0.15, -0.1) is 0 Å². The molecule has 24 heavy (non-hydrogen) atoms. The Labute approximate surface area is 134 Å². The van der Waals surface area contributed by atoms with Crippen LogP contribution in [0.4, 0.5) is 4.39 Å². The molecule has 0 aliphatic carbocycles. The highest BCUT2D eigenvalue weighted by Gasteiger charge is 2.16. The maximum Gasteiger partial charge on any atom is 0.419 e. The van der Waals surface area contributed by atoms with Crippen LogP contribution < -0.4 is 16.1 Å². The first-order valence-electron chi connectivity index (χ1n) is 6.76. The van der Waals surface area contributed by atoms with E-state index in [0.29, 0.717) is 5.56 Å². The van der Waals surface area contributed by atoms with Crippen molar-refractivity contribution in [1.82, 2.24) is 9.71 Å². The molecule has 9 heteroatoms. The highest BCUT2D eigenvalue weighted by Crippen LogP contribution is 2.14. The second-order valence-corrected chi connectivity index (χ2v) is 6.73. The molecule has 2 N–H and O–H groups in total. The number of hydrogen-bond acceptors (Lipinski definition) is 5. The summed E-state index contributed by atoms with van der Waals surface area (Å²) >= 11 is 0. The number of hydrogen-bond donors (Lipinski definition) is 2. The summed E-state index contributed by atoms with van der Waals surface area (Å²) in [4.78, 5) is 24.9. The Balaban J connectivity index is 1.91. The zero-order valence-corrected chi connectivity index (χ0v) is 12.9. The summed E-state index contributed by atoms with van der Waals surface area (Å²) in [5.41, 5.74) is -0.178. The van der Waals surface area contributed by atoms with Crippen molar-refractivity contribution in [2.75, 3.05) is 0 Å². The fourth-order valence-corrected chi connectivity index (χ4v) is 3.15. The number of halogens is 1. The predicted molar refractivity (Wildman–Crippen MR) is 83.5 cm³/mol. The molecule has 1 heterocycles. The lowest BCUT2D eigenvalue weighted by Crippen LogP contribution is -2.23. The SMILES string of the molecule is O=c1[nH]c2ccc(S(=O)(=O)NCc3ccc(F)cc3)cc2c(=O)o1. The van der Waals surface area contributed by atoms with Crippen LogP contribution in [0.3, 0.4) is 0 Å². The van der Waals surface area contributed by atoms with Crippen LogP contribution in [0.25, 0.3) is 10.9 Å². The molecule has 0 saturated carbocycles. The van der Waals surface area contributed by atoms with Gasteiger partial charge in [-0.1, -0.05) is 12.1 Å². The molecule has 0 atom stereocenters. The van der Waals surface area contributed by atoms with Crippen LogP contribution in [-0.2, 0) is 16.6 Å². The van der Waals surface area contributed by atoms with Crippen LogP contribution in [0.15, 0.2) is 61.4 Å². The fraction of sp³-hybridized carbons (Fsp3) is 0.0667. The molecule has 0 bridgehead atoms. The third-order valence-corrected chi connectivity index (χ3v) is 4.72. The average molecular weight is 350 g/mol. The van der Waals surface area contributed by atoms with E-state index in [9.17, 15) is 22.4 Å². The molecule has 3 rings (SSSR count). The van der Waals surface area contributed by atoms with Crippen LogP contribution in [-0.4, -0.2) is 13.4 Å². The summed E-state index contributed by atoms with van der Waals surface area (Å²) in [5, 5.41) is -0.0562. The lowest BCUT2D eigenvalue weighted by atomic mass is 10.2. The number of aromatic amines is 1. The molecule has 0 radical (unpaired) electrons. The highest BCUT2D eigenvalue weighted by atomic mass is 32.2. The molecule has 0 unspecified atom stereocenters. The van der Waals surface area contributed by atoms with Gasteiger partial charge in [0.25, 0.3) is 0 Å². The first kappa shape index (κ1) is 16.1. The van der Waals surface area contributed by atoms with Crippen LogP contribution in [0.5, 0.6) is 0 Å². The zero-order valence-electron chi connectivity index (χ0n) is 12.1. The van der Waals surface area contributed by atoms with Crippen molar-refractivity contribution in [3.8, 4) is 0 Å². The number of benzene rings is 2. The van der Waals surface area contributed by atoms with Gasteiger partial charge >= 0.3 is 11.4 Å². The number of sulfonamides is 1. The Morgan fingerprint density at radius 3 is 2.50 bits per heavy atom. The van der Waals surface area contributed by atoms with Gasteiger partial charge in [0.2, 0.25) is 10.0 Å². The van der Waals surface area contributed by atoms with E-state index in [1.807, 2.05) is 0 Å². The minimum absolute atomic E-state index is 0.0408. The number of H-pyrrole nitrogens is 1. The lowest BCUT2D eigenvalue weighted by Gasteiger charge is -2.07. The summed E-state index contributed by atoms with van der Waals surface area (Å²) in [6.45, 7) is -0.0408. The standard InChI is InChI=1S/C15H11FN2O5S/c16-10-3-1-9(2-4-10)8-17-24(21,22)11-5-6-13-12(7-11)14(19)23-15(20)18-13/h1-7,17H,8H2,(H,18,20). The summed E-state index contributed by atoms with van der Waals surface area (Å²) < 4.78 is 44.2. The third kappa shape index (κ3) is 3.26. The summed E-state index contributed by atoms with van der Waals surface area (Å²) in [6, 6.07) is 9.03. The molecule has 3 aromatic rings. The second-order valence-electron chi connectivity index (χ2n) is 4.96. The summed E-state index contributed by atoms with van der Waals surface area (Å²) in [7, 11) is -3.90. The Morgan fingerprint density at radius 1 is 1.08 bits per heavy atom. The first-order valence-corrected chi connectivity index (χ1v) is 8.25. The van der Waals surface area contributed by atoms with Crippen molar-refractivity contribution < 1.29 is 17.2 Å². The maximum absolute atomic E-state index is 12.8. The first-order chi connectivity index (χ1) is 11.3. The highest BCUT2D eigenvalue weighted by molar-refractivity contribution is 7.89. The topological polar surface area (TPSA) is 109 Å². The molecule has 0 amide bonds. The van der Waals surface area contributed by atoms with Crippen LogP contribution in [0.1, 0.15) is 5.56 Å². The Bertz CT molecular complexity index is 1120. The number of fused-ring (bicyclic) bond motifs is 1. The molecular weight excluding hydrogens is 339 g/mol. The van der Waals surface area contributed by atoms with E-state index >= 15 is 0 Å². The molecule has 0 fully saturated rings. The molecule has 1 aromatic heterocycles. The second kappa shape index (κ2) is 6.02. The van der Waals surface area contributed by atoms with Crippen LogP contribution in [0.2, 0.25) is 0 Å². The predicted octanol–water partition coefficient (Wildman–Crippen LogP) is 1.10. The normalized spacial score (nSPS) is 11.7. The van der Waals surface area contributed by atoms with E-state index < -0.39 is 27.2 Å². The molecule has 0 saturated heterocycles. The van der Waals surface area contributed by atoms with Gasteiger partial charge in [0.15, 0.2) is 0 Å². The maximum atomic E-state index is 12.8. The van der Waals surface area contributed by atoms with Crippen molar-refractivity contribution in [3.05, 3.63) is 74.8 Å². The average Bonchev–Trinajstić information content (AvgIpc) is 2.54. The smallest absolute Gasteiger partial charge is 0.372 e. The van der Waals surface area contributed by atoms with E-state index in [-0.39, 0.29) is 22.3 Å². The number of rotatable bonds is 4. The molecule has 0 spiro atoms. The van der Waals surface area contributed by atoms with Gasteiger partial charge in [-0.25, -0.2) is 27.1 Å². The van der Waals surface area contributed by atoms with Gasteiger partial charge in [-0.05, 0) is 35.9 Å². The van der Waals surface area contributed by atoms with Gasteiger partial charge in [0.1, 0.15) is 5.82 Å². The van der Waals surface area contributed by atoms with Crippen molar-refractivity contribution in [3.63, 3.8) is 0 Å². The van der Waals surface area contributed by atoms with Crippen molar-refractivity contribution in [2.45, 2.75) is 11.4 Å². The van der Waals surface area contributed by atoms with Gasteiger partial charge < -0.3 is 4.42 Å². The third-order valence-electron chi connectivity index (χ3n) is 3.32. The van der Waals surface area contributed by atoms with Gasteiger partial charge in [0.05, 0.1) is 15.8 Å². The quantitative estimate of drug-likeness (QED) is 0.732. The van der Waals surface area contributed by atoms with Crippen molar-refractivity contribution in [2.24, 2.45) is 0 Å². The minimum Gasteiger partial charge on any atom is -0.372 e. The van der Waals surface area contributed by atoms with E-state index in [2.05, 4.69) is 14.1 Å². The minimum atomic E-state index is -3.90. The van der Waals surface area contributed by atoms with Gasteiger partial charge in [-0.2, -0.15) is 0 Å². The Morgan fingerprint density at radius 2 is 1.79 bits per heavy atom. The van der Waals surface area contributed by atoms with E-state index in [1.54, 1.807) is 0 Å². The van der Waals surface area contributed by atoms with E-state index in [0.717, 1.165) is 6.07 Å². The number of aromatic nitrogens is 1. The number of nitrogens with one attached hydrogen (secondary N) is 2. The zero-order chi connectivity index (χ0) is 17.3. The van der Waals surface area contributed by atoms with Crippen molar-refractivity contribution in [1.29, 1.82) is 0 Å². The molecule has 7 nitrogen and oxygen atoms in total. The van der Waals surface area contributed by atoms with E-state index in [1.165, 1.54) is 36.4 Å². The molecule has 0 aliphatic heterocycles. The summed E-state index contributed by atoms with van der Waals surface area (Å²) in [6.07, 6.45) is 0. The Kier molecular flexibility index (Phi) is 4.04. The van der Waals surface area contributed by atoms with Crippen molar-refractivity contribution >= 4 is 20.9 Å². The lowest BCUT2D eigenvalue weighted by molar-refractivity contribution is 0.460.